The third kappa shape index (κ3) is 3.07. The number of aryl methyl sites for hydroxylation is 1. The number of nitrogens with zero attached hydrogens (tertiary/aromatic N) is 4. The van der Waals surface area contributed by atoms with Gasteiger partial charge in [0.2, 0.25) is 5.91 Å². The lowest BCUT2D eigenvalue weighted by atomic mass is 10.1. The fourth-order valence-electron chi connectivity index (χ4n) is 2.64. The van der Waals surface area contributed by atoms with Crippen molar-refractivity contribution < 1.29 is 4.79 Å². The summed E-state index contributed by atoms with van der Waals surface area (Å²) in [4.78, 5) is 18.5. The number of aromatic nitrogens is 3. The molecule has 3 heterocycles. The number of piperidine rings is 1. The van der Waals surface area contributed by atoms with Crippen molar-refractivity contribution in [2.75, 3.05) is 13.1 Å². The van der Waals surface area contributed by atoms with E-state index in [1.807, 2.05) is 27.2 Å². The molecule has 106 valence electrons. The van der Waals surface area contributed by atoms with E-state index in [0.717, 1.165) is 37.4 Å². The van der Waals surface area contributed by atoms with Crippen LogP contribution >= 0.6 is 11.3 Å². The quantitative estimate of drug-likeness (QED) is 0.867. The molecule has 0 spiro atoms. The molecular formula is C14H18N4OS. The highest BCUT2D eigenvalue weighted by Crippen LogP contribution is 2.21. The lowest BCUT2D eigenvalue weighted by Crippen LogP contribution is -2.40. The molecule has 2 aromatic heterocycles. The maximum absolute atomic E-state index is 12.3. The lowest BCUT2D eigenvalue weighted by molar-refractivity contribution is -0.132. The Balaban J connectivity index is 1.55. The summed E-state index contributed by atoms with van der Waals surface area (Å²) in [5.41, 5.74) is 0. The van der Waals surface area contributed by atoms with Gasteiger partial charge >= 0.3 is 0 Å². The van der Waals surface area contributed by atoms with Crippen LogP contribution in [0.25, 0.3) is 0 Å². The predicted molar refractivity (Wildman–Crippen MR) is 77.5 cm³/mol. The largest absolute Gasteiger partial charge is 0.341 e. The van der Waals surface area contributed by atoms with Gasteiger partial charge in [-0.15, -0.1) is 11.3 Å². The Morgan fingerprint density at radius 1 is 1.45 bits per heavy atom. The van der Waals surface area contributed by atoms with Crippen molar-refractivity contribution in [1.82, 2.24) is 19.7 Å². The molecule has 1 amide bonds. The zero-order valence-corrected chi connectivity index (χ0v) is 12.1. The van der Waals surface area contributed by atoms with Crippen molar-refractivity contribution in [2.45, 2.75) is 31.7 Å². The Labute approximate surface area is 122 Å². The van der Waals surface area contributed by atoms with Gasteiger partial charge in [0.15, 0.2) is 0 Å². The Kier molecular flexibility index (Phi) is 4.11. The number of hydrogen-bond donors (Lipinski definition) is 0. The molecule has 1 atom stereocenters. The standard InChI is InChI=1S/C14H18N4OS/c19-14(5-4-13-15-7-10-20-13)17-8-1-3-12(11-17)18-9-2-6-16-18/h2,6-7,9-10,12H,1,3-5,8,11H2/t12-/m1/s1. The molecule has 0 unspecified atom stereocenters. The van der Waals surface area contributed by atoms with Crippen LogP contribution in [0.4, 0.5) is 0 Å². The van der Waals surface area contributed by atoms with E-state index in [-0.39, 0.29) is 5.91 Å². The normalized spacial score (nSPS) is 19.2. The molecule has 6 heteroatoms. The fraction of sp³-hybridized carbons (Fsp3) is 0.500. The van der Waals surface area contributed by atoms with Gasteiger partial charge in [-0.25, -0.2) is 4.98 Å². The number of carbonyl (C=O) groups excluding carboxylic acids is 1. The molecule has 0 radical (unpaired) electrons. The fourth-order valence-corrected chi connectivity index (χ4v) is 3.26. The van der Waals surface area contributed by atoms with Crippen molar-refractivity contribution >= 4 is 17.2 Å². The third-order valence-corrected chi connectivity index (χ3v) is 4.52. The summed E-state index contributed by atoms with van der Waals surface area (Å²) in [6.45, 7) is 1.65. The first-order valence-corrected chi connectivity index (χ1v) is 7.86. The van der Waals surface area contributed by atoms with E-state index in [9.17, 15) is 4.79 Å². The van der Waals surface area contributed by atoms with Gasteiger partial charge in [-0.2, -0.15) is 5.10 Å². The van der Waals surface area contributed by atoms with E-state index in [0.29, 0.717) is 12.5 Å². The maximum atomic E-state index is 12.3. The minimum atomic E-state index is 0.233. The molecule has 0 bridgehead atoms. The Hall–Kier alpha value is -1.69. The van der Waals surface area contributed by atoms with E-state index in [2.05, 4.69) is 10.1 Å². The van der Waals surface area contributed by atoms with Gasteiger partial charge in [-0.05, 0) is 18.9 Å². The van der Waals surface area contributed by atoms with Gasteiger partial charge < -0.3 is 4.90 Å². The van der Waals surface area contributed by atoms with E-state index >= 15 is 0 Å². The van der Waals surface area contributed by atoms with E-state index in [4.69, 9.17) is 0 Å². The lowest BCUT2D eigenvalue weighted by Gasteiger charge is -2.33. The number of amides is 1. The third-order valence-electron chi connectivity index (χ3n) is 3.68. The molecular weight excluding hydrogens is 272 g/mol. The van der Waals surface area contributed by atoms with E-state index in [1.165, 1.54) is 0 Å². The highest BCUT2D eigenvalue weighted by molar-refractivity contribution is 7.09. The second-order valence-corrected chi connectivity index (χ2v) is 6.03. The zero-order chi connectivity index (χ0) is 13.8. The molecule has 3 rings (SSSR count). The summed E-state index contributed by atoms with van der Waals surface area (Å²) >= 11 is 1.61. The molecule has 1 fully saturated rings. The first-order valence-electron chi connectivity index (χ1n) is 6.98. The molecule has 20 heavy (non-hydrogen) atoms. The van der Waals surface area contributed by atoms with E-state index < -0.39 is 0 Å². The van der Waals surface area contributed by atoms with Gasteiger partial charge in [-0.3, -0.25) is 9.48 Å². The topological polar surface area (TPSA) is 51.0 Å². The van der Waals surface area contributed by atoms with Crippen molar-refractivity contribution in [2.24, 2.45) is 0 Å². The van der Waals surface area contributed by atoms with Gasteiger partial charge in [0.05, 0.1) is 11.0 Å². The molecule has 2 aromatic rings. The van der Waals surface area contributed by atoms with Crippen LogP contribution in [0.1, 0.15) is 30.3 Å². The van der Waals surface area contributed by atoms with Gasteiger partial charge in [-0.1, -0.05) is 0 Å². The van der Waals surface area contributed by atoms with Crippen molar-refractivity contribution in [3.8, 4) is 0 Å². The Morgan fingerprint density at radius 3 is 3.15 bits per heavy atom. The zero-order valence-electron chi connectivity index (χ0n) is 11.3. The summed E-state index contributed by atoms with van der Waals surface area (Å²) in [7, 11) is 0. The van der Waals surface area contributed by atoms with Crippen LogP contribution in [-0.4, -0.2) is 38.7 Å². The maximum Gasteiger partial charge on any atom is 0.223 e. The number of carbonyl (C=O) groups is 1. The summed E-state index contributed by atoms with van der Waals surface area (Å²) in [5.74, 6) is 0.233. The Morgan fingerprint density at radius 2 is 2.40 bits per heavy atom. The first kappa shape index (κ1) is 13.3. The van der Waals surface area contributed by atoms with Gasteiger partial charge in [0.25, 0.3) is 0 Å². The van der Waals surface area contributed by atoms with Crippen LogP contribution < -0.4 is 0 Å². The molecule has 5 nitrogen and oxygen atoms in total. The predicted octanol–water partition coefficient (Wildman–Crippen LogP) is 2.14. The van der Waals surface area contributed by atoms with Gasteiger partial charge in [0, 0.05) is 49.9 Å². The molecule has 0 aromatic carbocycles. The summed E-state index contributed by atoms with van der Waals surface area (Å²) in [5, 5.41) is 7.28. The van der Waals surface area contributed by atoms with Gasteiger partial charge in [0.1, 0.15) is 0 Å². The molecule has 0 N–H and O–H groups in total. The minimum absolute atomic E-state index is 0.233. The molecule has 1 saturated heterocycles. The highest BCUT2D eigenvalue weighted by Gasteiger charge is 2.24. The average molecular weight is 290 g/mol. The monoisotopic (exact) mass is 290 g/mol. The SMILES string of the molecule is O=C(CCc1nccs1)N1CCC[C@@H](n2cccn2)C1. The second kappa shape index (κ2) is 6.17. The number of thiazole rings is 1. The van der Waals surface area contributed by atoms with Crippen LogP contribution in [0, 0.1) is 0 Å². The second-order valence-electron chi connectivity index (χ2n) is 5.05. The number of hydrogen-bond acceptors (Lipinski definition) is 4. The average Bonchev–Trinajstić information content (AvgIpc) is 3.18. The summed E-state index contributed by atoms with van der Waals surface area (Å²) in [6, 6.07) is 2.26. The molecule has 0 aliphatic carbocycles. The van der Waals surface area contributed by atoms with Crippen LogP contribution in [0.15, 0.2) is 30.0 Å². The first-order chi connectivity index (χ1) is 9.83. The Bertz CT molecular complexity index is 538. The molecule has 1 aliphatic rings. The van der Waals surface area contributed by atoms with E-state index in [1.54, 1.807) is 23.7 Å². The minimum Gasteiger partial charge on any atom is -0.341 e. The van der Waals surface area contributed by atoms with Crippen molar-refractivity contribution in [3.05, 3.63) is 35.0 Å². The van der Waals surface area contributed by atoms with Crippen molar-refractivity contribution in [1.29, 1.82) is 0 Å². The van der Waals surface area contributed by atoms with Crippen LogP contribution in [0.5, 0.6) is 0 Å². The van der Waals surface area contributed by atoms with Crippen LogP contribution in [0.2, 0.25) is 0 Å². The summed E-state index contributed by atoms with van der Waals surface area (Å²) in [6.07, 6.45) is 9.01. The number of rotatable bonds is 4. The smallest absolute Gasteiger partial charge is 0.223 e. The van der Waals surface area contributed by atoms with Crippen molar-refractivity contribution in [3.63, 3.8) is 0 Å². The molecule has 0 saturated carbocycles. The number of likely N-dealkylation sites (tertiary alicyclic amines) is 1. The summed E-state index contributed by atoms with van der Waals surface area (Å²) < 4.78 is 1.97. The van der Waals surface area contributed by atoms with Crippen LogP contribution in [0.3, 0.4) is 0 Å². The molecule has 1 aliphatic heterocycles. The van der Waals surface area contributed by atoms with Crippen LogP contribution in [-0.2, 0) is 11.2 Å². The highest BCUT2D eigenvalue weighted by atomic mass is 32.1.